The van der Waals surface area contributed by atoms with Crippen molar-refractivity contribution in [2.75, 3.05) is 19.8 Å². The number of benzene rings is 10. The lowest BCUT2D eigenvalue weighted by Gasteiger charge is -2.29. The second-order valence-electron chi connectivity index (χ2n) is 28.1. The molecule has 16 rings (SSSR count). The van der Waals surface area contributed by atoms with Gasteiger partial charge in [-0.15, -0.1) is 0 Å². The molecule has 0 bridgehead atoms. The van der Waals surface area contributed by atoms with Gasteiger partial charge in [-0.05, 0) is 215 Å². The Morgan fingerprint density at radius 3 is 1.08 bits per heavy atom. The number of halogens is 16. The van der Waals surface area contributed by atoms with Crippen molar-refractivity contribution >= 4 is 100 Å². The number of carboxylic acid groups (broad SMARTS) is 2. The third-order valence-electron chi connectivity index (χ3n) is 19.6. The molecule has 0 amide bonds. The first-order valence-corrected chi connectivity index (χ1v) is 39.9. The summed E-state index contributed by atoms with van der Waals surface area (Å²) >= 11 is 2.95. The molecule has 15 aromatic rings. The van der Waals surface area contributed by atoms with Gasteiger partial charge in [0.15, 0.2) is 0 Å². The Labute approximate surface area is 722 Å². The highest BCUT2D eigenvalue weighted by Crippen LogP contribution is 2.38. The number of ether oxygens (including phenoxy) is 3. The summed E-state index contributed by atoms with van der Waals surface area (Å²) in [5.41, 5.74) is 2.04. The number of hydrogen-bond acceptors (Lipinski definition) is 13. The Kier molecular flexibility index (Phi) is 31.5. The highest BCUT2D eigenvalue weighted by molar-refractivity contribution is 9.10. The largest absolute Gasteiger partial charge is 0.478 e. The molecule has 1 saturated carbocycles. The fraction of sp³-hybridized carbons (Fsp3) is 0.231. The van der Waals surface area contributed by atoms with Crippen molar-refractivity contribution < 1.29 is 114 Å². The number of alkyl halides is 15. The van der Waals surface area contributed by atoms with Crippen LogP contribution in [0, 0.1) is 11.8 Å². The molecule has 1 aliphatic rings. The predicted octanol–water partition coefficient (Wildman–Crippen LogP) is 24.7. The van der Waals surface area contributed by atoms with Crippen LogP contribution in [0.15, 0.2) is 248 Å². The number of carbonyl (C=O) groups excluding carboxylic acids is 3. The summed E-state index contributed by atoms with van der Waals surface area (Å²) in [4.78, 5) is 56.7. The number of carboxylic acids is 2. The summed E-state index contributed by atoms with van der Waals surface area (Å²) in [6.07, 6.45) is -5.44. The van der Waals surface area contributed by atoms with Gasteiger partial charge in [0.05, 0.1) is 144 Å². The average molecular weight is 1840 g/mol. The minimum Gasteiger partial charge on any atom is -0.478 e. The first-order chi connectivity index (χ1) is 60.2. The minimum atomic E-state index is -4.44. The lowest BCUT2D eigenvalue weighted by Crippen LogP contribution is -2.17. The van der Waals surface area contributed by atoms with Gasteiger partial charge in [0.2, 0.25) is 0 Å². The van der Waals surface area contributed by atoms with Crippen molar-refractivity contribution in [2.45, 2.75) is 104 Å². The Morgan fingerprint density at radius 2 is 0.709 bits per heavy atom. The van der Waals surface area contributed by atoms with E-state index in [1.165, 1.54) is 161 Å². The maximum atomic E-state index is 12.9. The third kappa shape index (κ3) is 25.6. The van der Waals surface area contributed by atoms with Crippen LogP contribution in [0.2, 0.25) is 0 Å². The van der Waals surface area contributed by atoms with E-state index in [0.29, 0.717) is 82.8 Å². The molecule has 1 fully saturated rings. The van der Waals surface area contributed by atoms with E-state index in [0.717, 1.165) is 83.4 Å². The number of aromatic carboxylic acids is 2. The highest BCUT2D eigenvalue weighted by atomic mass is 79.9. The number of carbonyl (C=O) groups is 5. The molecule has 0 aliphatic heterocycles. The van der Waals surface area contributed by atoms with Crippen LogP contribution in [0.3, 0.4) is 0 Å². The van der Waals surface area contributed by atoms with E-state index in [1.54, 1.807) is 93.8 Å². The van der Waals surface area contributed by atoms with Crippen LogP contribution in [-0.2, 0) is 45.1 Å². The Morgan fingerprint density at radius 1 is 0.386 bits per heavy atom. The first kappa shape index (κ1) is 95.6. The van der Waals surface area contributed by atoms with Crippen molar-refractivity contribution in [3.8, 4) is 22.7 Å². The molecular weight excluding hydrogens is 1760 g/mol. The van der Waals surface area contributed by atoms with Crippen molar-refractivity contribution in [1.29, 1.82) is 0 Å². The van der Waals surface area contributed by atoms with Gasteiger partial charge in [0.1, 0.15) is 0 Å². The Balaban J connectivity index is 0.000000158. The van der Waals surface area contributed by atoms with Gasteiger partial charge >= 0.3 is 60.7 Å². The quantitative estimate of drug-likeness (QED) is 0.0520. The van der Waals surface area contributed by atoms with Gasteiger partial charge in [0, 0.05) is 43.8 Å². The number of rotatable bonds is 14. The molecule has 5 aromatic heterocycles. The molecule has 664 valence electrons. The zero-order chi connectivity index (χ0) is 92.3. The summed E-state index contributed by atoms with van der Waals surface area (Å²) in [5.74, 6) is -1.21. The lowest BCUT2D eigenvalue weighted by molar-refractivity contribution is -0.138. The van der Waals surface area contributed by atoms with E-state index >= 15 is 0 Å². The molecule has 5 heterocycles. The monoisotopic (exact) mass is 1830 g/mol. The van der Waals surface area contributed by atoms with E-state index in [2.05, 4.69) is 60.4 Å². The fourth-order valence-electron chi connectivity index (χ4n) is 13.3. The number of esters is 3. The molecule has 10 aromatic carbocycles. The predicted molar refractivity (Wildman–Crippen MR) is 447 cm³/mol. The summed E-state index contributed by atoms with van der Waals surface area (Å²) in [7, 11) is 0. The molecule has 36 heteroatoms. The number of nitrogens with zero attached hydrogens (tertiary/aromatic N) is 9. The van der Waals surface area contributed by atoms with Crippen LogP contribution in [-0.4, -0.2) is 109 Å². The fourth-order valence-corrected chi connectivity index (χ4v) is 13.7. The van der Waals surface area contributed by atoms with Crippen LogP contribution in [0.4, 0.5) is 65.9 Å². The van der Waals surface area contributed by atoms with Crippen LogP contribution in [0.25, 0.3) is 77.3 Å². The van der Waals surface area contributed by atoms with Gasteiger partial charge in [0.25, 0.3) is 0 Å². The first-order valence-electron chi connectivity index (χ1n) is 39.1. The van der Waals surface area contributed by atoms with Crippen LogP contribution < -0.4 is 0 Å². The maximum Gasteiger partial charge on any atom is 0.416 e. The molecule has 2 atom stereocenters. The minimum absolute atomic E-state index is 0.0936. The highest BCUT2D eigenvalue weighted by Gasteiger charge is 2.35. The van der Waals surface area contributed by atoms with Gasteiger partial charge < -0.3 is 24.4 Å². The Hall–Kier alpha value is -13.7. The van der Waals surface area contributed by atoms with Gasteiger partial charge in [-0.3, -0.25) is 5.10 Å². The molecule has 0 saturated heterocycles. The second-order valence-corrected chi connectivity index (χ2v) is 29.0. The van der Waals surface area contributed by atoms with Crippen molar-refractivity contribution in [3.05, 3.63) is 303 Å². The number of nitrogens with one attached hydrogen (secondary N) is 1. The topological polar surface area (TPSA) is 253 Å². The molecule has 3 N–H and O–H groups in total. The van der Waals surface area contributed by atoms with E-state index in [9.17, 15) is 89.8 Å². The van der Waals surface area contributed by atoms with Crippen LogP contribution in [0.1, 0.15) is 153 Å². The molecule has 0 unspecified atom stereocenters. The van der Waals surface area contributed by atoms with Crippen molar-refractivity contribution in [1.82, 2.24) is 49.3 Å². The van der Waals surface area contributed by atoms with E-state index in [4.69, 9.17) is 24.4 Å². The zero-order valence-corrected chi connectivity index (χ0v) is 69.4. The Bertz CT molecular complexity index is 6290. The molecular formula is C91H78BrF15N10O10. The summed E-state index contributed by atoms with van der Waals surface area (Å²) < 4.78 is 210. The van der Waals surface area contributed by atoms with Gasteiger partial charge in [-0.25, -0.2) is 42.7 Å². The van der Waals surface area contributed by atoms with Crippen LogP contribution in [0.5, 0.6) is 0 Å². The van der Waals surface area contributed by atoms with Crippen molar-refractivity contribution in [2.24, 2.45) is 11.8 Å². The maximum absolute atomic E-state index is 12.9. The standard InChI is InChI=1S/2C17H13F3N2O2.2C15H9F3N2O2.C10H10N2O2.C10H20.C7H4BrF3/c1-2-24-16(23)11-6-7-15-12(8-11)10-22(21-15)14-5-3-4-13(9-14)17(18,19)20;1-2-24-16(23)11-6-7-15-12(8-11)10-21-22(15)14-5-3-4-13(9-14)17(18,19)20;16-15(17,18)11-2-1-3-12(7-11)20-8-10-6-9(14(21)22)4-5-13(10)19-20;16-15(17,18)11-2-1-3-12(7-11)20-13-5-4-9(14(21)22)6-10(13)8-19-20;1-2-14-10(13)7-3-4-9-8(5-7)6-11-12-9;1-3-9-7-5-6-8-10(9)4-2;8-6-3-1-2-5(4-6)7(9,10)11/h2*3-10H,2H2,1H3;2*1-8H,(H,21,22);3-6H,2H2,1H3,(H,11,12);9-10H,3-8H2,1-2H3;1-4H/t;;;;;9-,10-;/m.....1./s1. The van der Waals surface area contributed by atoms with Crippen molar-refractivity contribution in [3.63, 3.8) is 0 Å². The van der Waals surface area contributed by atoms with E-state index < -0.39 is 82.6 Å². The average Bonchev–Trinajstić information content (AvgIpc) is 1.68. The molecule has 0 radical (unpaired) electrons. The number of fused-ring (bicyclic) bond motifs is 5. The molecule has 0 spiro atoms. The number of hydrogen-bond donors (Lipinski definition) is 3. The third-order valence-corrected chi connectivity index (χ3v) is 20.1. The van der Waals surface area contributed by atoms with E-state index in [-0.39, 0.29) is 41.7 Å². The normalized spacial score (nSPS) is 13.3. The second kappa shape index (κ2) is 41.9. The number of aromatic amines is 1. The van der Waals surface area contributed by atoms with E-state index in [1.807, 2.05) is 6.07 Å². The zero-order valence-electron chi connectivity index (χ0n) is 67.8. The summed E-state index contributed by atoms with van der Waals surface area (Å²) in [6.45, 7) is 10.8. The SMILES string of the molecule is CCOC(=O)c1ccc2[nH]ncc2c1.CCOC(=O)c1ccc2c(cnn2-c2cccc(C(F)(F)F)c2)c1.CCOC(=O)c1ccc2nn(-c3cccc(C(F)(F)F)c3)cc2c1.CC[C@@H]1CCCC[C@H]1CC.FC(F)(F)c1cccc(Br)c1.O=C(O)c1ccc2c(cnn2-c2cccc(C(F)(F)F)c2)c1.O=C(O)c1ccc2nn(-c3cccc(C(F)(F)F)c3)cc2c1. The number of H-pyrrole nitrogens is 1. The summed E-state index contributed by atoms with van der Waals surface area (Å²) in [5, 5.41) is 44.4. The number of aromatic nitrogens is 10. The van der Waals surface area contributed by atoms with Gasteiger partial charge in [-0.1, -0.05) is 98.6 Å². The van der Waals surface area contributed by atoms with Crippen LogP contribution >= 0.6 is 15.9 Å². The molecule has 1 aliphatic carbocycles. The summed E-state index contributed by atoms with van der Waals surface area (Å²) in [6, 6.07) is 47.9. The smallest absolute Gasteiger partial charge is 0.416 e. The lowest BCUT2D eigenvalue weighted by atomic mass is 9.77. The molecule has 127 heavy (non-hydrogen) atoms. The van der Waals surface area contributed by atoms with Gasteiger partial charge in [-0.2, -0.15) is 91.3 Å². The molecule has 20 nitrogen and oxygen atoms in total.